The summed E-state index contributed by atoms with van der Waals surface area (Å²) in [5.41, 5.74) is 1.72. The summed E-state index contributed by atoms with van der Waals surface area (Å²) >= 11 is 0. The van der Waals surface area contributed by atoms with Crippen molar-refractivity contribution in [3.05, 3.63) is 35.4 Å². The highest BCUT2D eigenvalue weighted by Gasteiger charge is 2.37. The maximum absolute atomic E-state index is 12.0. The lowest BCUT2D eigenvalue weighted by molar-refractivity contribution is -0.0379. The van der Waals surface area contributed by atoms with Crippen LogP contribution in [0.1, 0.15) is 160 Å². The van der Waals surface area contributed by atoms with Crippen LogP contribution in [0.25, 0.3) is 0 Å². The Kier molecular flexibility index (Phi) is 18.6. The highest BCUT2D eigenvalue weighted by atomic mass is 16.7. The highest BCUT2D eigenvalue weighted by molar-refractivity contribution is 5.58. The van der Waals surface area contributed by atoms with Crippen molar-refractivity contribution in [2.45, 2.75) is 161 Å². The number of hydrogen-bond acceptors (Lipinski definition) is 2. The van der Waals surface area contributed by atoms with Crippen molar-refractivity contribution in [2.24, 2.45) is 0 Å². The van der Waals surface area contributed by atoms with Crippen LogP contribution in [0.2, 0.25) is 0 Å². The quantitative estimate of drug-likeness (QED) is 0.123. The summed E-state index contributed by atoms with van der Waals surface area (Å²) in [5, 5.41) is 9.82. The number of ether oxygens (including phenoxy) is 1. The zero-order chi connectivity index (χ0) is 25.6. The van der Waals surface area contributed by atoms with Gasteiger partial charge in [0.05, 0.1) is 0 Å². The van der Waals surface area contributed by atoms with E-state index in [0.717, 1.165) is 56.9 Å². The predicted molar refractivity (Wildman–Crippen MR) is 150 cm³/mol. The second-order valence-electron chi connectivity index (χ2n) is 10.6. The van der Waals surface area contributed by atoms with Gasteiger partial charge >= 0.3 is 6.16 Å². The molecule has 0 radical (unpaired) electrons. The zero-order valence-electron chi connectivity index (χ0n) is 23.4. The molecule has 35 heavy (non-hydrogen) atoms. The van der Waals surface area contributed by atoms with Gasteiger partial charge in [0.15, 0.2) is 0 Å². The number of rotatable bonds is 23. The van der Waals surface area contributed by atoms with E-state index in [2.05, 4.69) is 45.0 Å². The Morgan fingerprint density at radius 3 is 1.57 bits per heavy atom. The normalized spacial score (nSPS) is 11.6. The molecule has 0 aromatic heterocycles. The van der Waals surface area contributed by atoms with E-state index in [9.17, 15) is 9.90 Å². The van der Waals surface area contributed by atoms with E-state index in [-0.39, 0.29) is 0 Å². The Morgan fingerprint density at radius 1 is 0.657 bits per heavy atom. The zero-order valence-corrected chi connectivity index (χ0v) is 23.4. The minimum Gasteiger partial charge on any atom is -0.450 e. The molecule has 0 saturated carbocycles. The molecule has 0 fully saturated rings. The van der Waals surface area contributed by atoms with Gasteiger partial charge in [-0.25, -0.2) is 4.79 Å². The lowest BCUT2D eigenvalue weighted by Gasteiger charge is -2.35. The van der Waals surface area contributed by atoms with Gasteiger partial charge in [-0.2, -0.15) is 0 Å². The van der Waals surface area contributed by atoms with Crippen LogP contribution in [0.3, 0.4) is 0 Å². The molecule has 202 valence electrons. The SMILES string of the molecule is CCCCCCCCc1ccccc1C(CCCCCCCC)(CCCCCCCC)OC(=O)O. The first-order valence-corrected chi connectivity index (χ1v) is 15.1. The molecular weight excluding hydrogens is 432 g/mol. The predicted octanol–water partition coefficient (Wildman–Crippen LogP) is 11.0. The van der Waals surface area contributed by atoms with E-state index in [1.165, 1.54) is 89.0 Å². The number of hydrogen-bond donors (Lipinski definition) is 1. The molecule has 1 aromatic carbocycles. The molecule has 3 heteroatoms. The van der Waals surface area contributed by atoms with Crippen LogP contribution in [-0.2, 0) is 16.8 Å². The third-order valence-corrected chi connectivity index (χ3v) is 7.46. The maximum atomic E-state index is 12.0. The van der Waals surface area contributed by atoms with Crippen molar-refractivity contribution in [1.82, 2.24) is 0 Å². The number of carboxylic acid groups (broad SMARTS) is 1. The van der Waals surface area contributed by atoms with Gasteiger partial charge in [-0.05, 0) is 49.7 Å². The monoisotopic (exact) mass is 488 g/mol. The first kappa shape index (κ1) is 31.5. The molecular formula is C32H56O3. The topological polar surface area (TPSA) is 46.5 Å². The lowest BCUT2D eigenvalue weighted by atomic mass is 9.80. The molecule has 1 N–H and O–H groups in total. The number of benzene rings is 1. The van der Waals surface area contributed by atoms with Crippen molar-refractivity contribution in [3.8, 4) is 0 Å². The van der Waals surface area contributed by atoms with E-state index >= 15 is 0 Å². The Bertz CT molecular complexity index is 623. The van der Waals surface area contributed by atoms with Gasteiger partial charge in [0.25, 0.3) is 0 Å². The van der Waals surface area contributed by atoms with Gasteiger partial charge in [0, 0.05) is 0 Å². The van der Waals surface area contributed by atoms with Crippen molar-refractivity contribution in [1.29, 1.82) is 0 Å². The largest absolute Gasteiger partial charge is 0.506 e. The molecule has 0 unspecified atom stereocenters. The number of unbranched alkanes of at least 4 members (excludes halogenated alkanes) is 15. The molecule has 0 spiro atoms. The highest BCUT2D eigenvalue weighted by Crippen LogP contribution is 2.40. The summed E-state index contributed by atoms with van der Waals surface area (Å²) in [6.45, 7) is 6.74. The standard InChI is InChI=1S/C32H56O3/c1-4-7-10-13-16-19-24-29-25-20-21-26-30(29)32(35-31(33)34,27-22-17-14-11-8-5-2)28-23-18-15-12-9-6-3/h20-21,25-26H,4-19,22-24,27-28H2,1-3H3,(H,33,34). The number of aryl methyl sites for hydroxylation is 1. The average Bonchev–Trinajstić information content (AvgIpc) is 2.85. The Morgan fingerprint density at radius 2 is 1.09 bits per heavy atom. The summed E-state index contributed by atoms with van der Waals surface area (Å²) in [6, 6.07) is 8.55. The molecule has 0 aliphatic rings. The van der Waals surface area contributed by atoms with Gasteiger partial charge in [0.1, 0.15) is 5.60 Å². The maximum Gasteiger partial charge on any atom is 0.506 e. The van der Waals surface area contributed by atoms with Crippen LogP contribution < -0.4 is 0 Å². The summed E-state index contributed by atoms with van der Waals surface area (Å²) in [6.07, 6.45) is 23.5. The minimum atomic E-state index is -1.13. The van der Waals surface area contributed by atoms with Crippen molar-refractivity contribution in [3.63, 3.8) is 0 Å². The second-order valence-corrected chi connectivity index (χ2v) is 10.6. The van der Waals surface area contributed by atoms with E-state index in [1.807, 2.05) is 0 Å². The fraction of sp³-hybridized carbons (Fsp3) is 0.781. The Balaban J connectivity index is 2.98. The van der Waals surface area contributed by atoms with Gasteiger partial charge < -0.3 is 9.84 Å². The van der Waals surface area contributed by atoms with Gasteiger partial charge in [-0.1, -0.05) is 141 Å². The molecule has 1 rings (SSSR count). The van der Waals surface area contributed by atoms with E-state index in [0.29, 0.717) is 0 Å². The molecule has 1 aromatic rings. The first-order chi connectivity index (χ1) is 17.1. The molecule has 0 atom stereocenters. The minimum absolute atomic E-state index is 0.708. The molecule has 0 heterocycles. The van der Waals surface area contributed by atoms with Gasteiger partial charge in [-0.15, -0.1) is 0 Å². The summed E-state index contributed by atoms with van der Waals surface area (Å²) in [7, 11) is 0. The van der Waals surface area contributed by atoms with Crippen LogP contribution >= 0.6 is 0 Å². The smallest absolute Gasteiger partial charge is 0.450 e. The van der Waals surface area contributed by atoms with Gasteiger partial charge in [0.2, 0.25) is 0 Å². The summed E-state index contributed by atoms with van der Waals surface area (Å²) in [4.78, 5) is 12.0. The van der Waals surface area contributed by atoms with Crippen LogP contribution in [0.4, 0.5) is 4.79 Å². The lowest BCUT2D eigenvalue weighted by Crippen LogP contribution is -2.33. The second kappa shape index (κ2) is 20.7. The van der Waals surface area contributed by atoms with E-state index in [4.69, 9.17) is 4.74 Å². The molecule has 0 aliphatic carbocycles. The Hall–Kier alpha value is -1.51. The fourth-order valence-electron chi connectivity index (χ4n) is 5.38. The average molecular weight is 489 g/mol. The molecule has 0 saturated heterocycles. The molecule has 0 bridgehead atoms. The third kappa shape index (κ3) is 14.0. The first-order valence-electron chi connectivity index (χ1n) is 15.1. The van der Waals surface area contributed by atoms with Crippen LogP contribution in [0.5, 0.6) is 0 Å². The van der Waals surface area contributed by atoms with E-state index in [1.54, 1.807) is 0 Å². The fourth-order valence-corrected chi connectivity index (χ4v) is 5.38. The molecule has 3 nitrogen and oxygen atoms in total. The van der Waals surface area contributed by atoms with Gasteiger partial charge in [-0.3, -0.25) is 0 Å². The van der Waals surface area contributed by atoms with E-state index < -0.39 is 11.8 Å². The van der Waals surface area contributed by atoms with Crippen molar-refractivity contribution >= 4 is 6.16 Å². The van der Waals surface area contributed by atoms with Crippen molar-refractivity contribution in [2.75, 3.05) is 0 Å². The molecule has 0 aliphatic heterocycles. The van der Waals surface area contributed by atoms with Crippen LogP contribution in [0, 0.1) is 0 Å². The van der Waals surface area contributed by atoms with Crippen molar-refractivity contribution < 1.29 is 14.6 Å². The Labute approximate surface area is 217 Å². The van der Waals surface area contributed by atoms with Crippen LogP contribution in [0.15, 0.2) is 24.3 Å². The number of carbonyl (C=O) groups is 1. The molecule has 0 amide bonds. The van der Waals surface area contributed by atoms with Crippen LogP contribution in [-0.4, -0.2) is 11.3 Å². The third-order valence-electron chi connectivity index (χ3n) is 7.46. The summed E-state index contributed by atoms with van der Waals surface area (Å²) in [5.74, 6) is 0. The summed E-state index contributed by atoms with van der Waals surface area (Å²) < 4.78 is 5.90.